The van der Waals surface area contributed by atoms with Gasteiger partial charge in [0.15, 0.2) is 0 Å². The number of aryl methyl sites for hydroxylation is 1. The first-order valence-corrected chi connectivity index (χ1v) is 8.18. The largest absolute Gasteiger partial charge is 0.416 e. The molecule has 2 aliphatic rings. The quantitative estimate of drug-likeness (QED) is 0.814. The summed E-state index contributed by atoms with van der Waals surface area (Å²) in [5.41, 5.74) is -0.143. The van der Waals surface area contributed by atoms with Crippen LogP contribution in [0.2, 0.25) is 0 Å². The van der Waals surface area contributed by atoms with Crippen LogP contribution in [0.4, 0.5) is 19.0 Å². The van der Waals surface area contributed by atoms with Gasteiger partial charge in [0.25, 0.3) is 0 Å². The highest BCUT2D eigenvalue weighted by Crippen LogP contribution is 2.47. The second kappa shape index (κ2) is 5.96. The first-order chi connectivity index (χ1) is 10.8. The van der Waals surface area contributed by atoms with Crippen LogP contribution in [-0.2, 0) is 10.9 Å². The number of anilines is 1. The lowest BCUT2D eigenvalue weighted by Crippen LogP contribution is -2.48. The fourth-order valence-corrected chi connectivity index (χ4v) is 4.27. The molecule has 0 unspecified atom stereocenters. The molecule has 128 valence electrons. The maximum atomic E-state index is 13.1. The molecule has 2 heterocycles. The van der Waals surface area contributed by atoms with Crippen molar-refractivity contribution in [1.29, 1.82) is 0 Å². The lowest BCUT2D eigenvalue weighted by atomic mass is 9.76. The summed E-state index contributed by atoms with van der Waals surface area (Å²) in [6.45, 7) is 3.11. The molecule has 2 atom stereocenters. The Kier molecular flexibility index (Phi) is 4.29. The molecule has 1 saturated carbocycles. The Morgan fingerprint density at radius 2 is 2.00 bits per heavy atom. The van der Waals surface area contributed by atoms with Crippen LogP contribution in [0.25, 0.3) is 0 Å². The number of rotatable bonds is 2. The third kappa shape index (κ3) is 3.18. The van der Waals surface area contributed by atoms with Crippen LogP contribution in [0.1, 0.15) is 43.4 Å². The summed E-state index contributed by atoms with van der Waals surface area (Å²) in [6.07, 6.45) is 1.17. The van der Waals surface area contributed by atoms with Crippen molar-refractivity contribution >= 4 is 5.82 Å². The first kappa shape index (κ1) is 16.6. The average molecular weight is 328 g/mol. The number of alkyl halides is 3. The highest BCUT2D eigenvalue weighted by atomic mass is 19.4. The summed E-state index contributed by atoms with van der Waals surface area (Å²) in [5.74, 6) is 0.443. The zero-order chi connectivity index (χ0) is 16.7. The van der Waals surface area contributed by atoms with Gasteiger partial charge in [-0.05, 0) is 44.7 Å². The second-order valence-electron chi connectivity index (χ2n) is 6.86. The van der Waals surface area contributed by atoms with Crippen molar-refractivity contribution in [3.63, 3.8) is 0 Å². The molecular weight excluding hydrogens is 305 g/mol. The van der Waals surface area contributed by atoms with E-state index in [4.69, 9.17) is 4.74 Å². The molecule has 0 radical (unpaired) electrons. The van der Waals surface area contributed by atoms with Gasteiger partial charge in [-0.15, -0.1) is 0 Å². The molecule has 1 aromatic rings. The van der Waals surface area contributed by atoms with Crippen LogP contribution in [0.3, 0.4) is 0 Å². The van der Waals surface area contributed by atoms with Crippen LogP contribution < -0.4 is 4.90 Å². The Morgan fingerprint density at radius 3 is 2.70 bits per heavy atom. The van der Waals surface area contributed by atoms with Gasteiger partial charge in [-0.2, -0.15) is 13.2 Å². The highest BCUT2D eigenvalue weighted by Gasteiger charge is 2.46. The Bertz CT molecular complexity index is 575. The molecule has 3 rings (SSSR count). The van der Waals surface area contributed by atoms with Crippen molar-refractivity contribution in [2.24, 2.45) is 5.41 Å². The first-order valence-electron chi connectivity index (χ1n) is 8.18. The number of methoxy groups -OCH3 is 1. The van der Waals surface area contributed by atoms with E-state index in [9.17, 15) is 13.2 Å². The van der Waals surface area contributed by atoms with Gasteiger partial charge in [0.1, 0.15) is 5.82 Å². The SMILES string of the molecule is CO[C@@H]1CCC[C@@]12CCCN(c1cc(C(F)(F)F)cc(C)n1)C2. The van der Waals surface area contributed by atoms with E-state index in [2.05, 4.69) is 4.98 Å². The van der Waals surface area contributed by atoms with Crippen LogP contribution in [0.5, 0.6) is 0 Å². The van der Waals surface area contributed by atoms with Crippen LogP contribution in [0, 0.1) is 12.3 Å². The molecule has 1 saturated heterocycles. The van der Waals surface area contributed by atoms with Crippen LogP contribution >= 0.6 is 0 Å². The van der Waals surface area contributed by atoms with Gasteiger partial charge in [0, 0.05) is 31.3 Å². The molecule has 1 aliphatic carbocycles. The molecular formula is C17H23F3N2O. The summed E-state index contributed by atoms with van der Waals surface area (Å²) in [4.78, 5) is 6.38. The lowest BCUT2D eigenvalue weighted by molar-refractivity contribution is -0.137. The summed E-state index contributed by atoms with van der Waals surface area (Å²) in [6, 6.07) is 2.29. The Morgan fingerprint density at radius 1 is 1.26 bits per heavy atom. The van der Waals surface area contributed by atoms with Gasteiger partial charge >= 0.3 is 6.18 Å². The molecule has 0 aromatic carbocycles. The molecule has 1 spiro atoms. The monoisotopic (exact) mass is 328 g/mol. The number of aromatic nitrogens is 1. The fourth-order valence-electron chi connectivity index (χ4n) is 4.27. The number of piperidine rings is 1. The van der Waals surface area contributed by atoms with Crippen molar-refractivity contribution in [2.75, 3.05) is 25.1 Å². The minimum Gasteiger partial charge on any atom is -0.381 e. The van der Waals surface area contributed by atoms with E-state index in [0.29, 0.717) is 11.5 Å². The van der Waals surface area contributed by atoms with Crippen LogP contribution in [0.15, 0.2) is 12.1 Å². The van der Waals surface area contributed by atoms with Gasteiger partial charge in [-0.25, -0.2) is 4.98 Å². The van der Waals surface area contributed by atoms with Crippen LogP contribution in [-0.4, -0.2) is 31.3 Å². The van der Waals surface area contributed by atoms with E-state index in [1.54, 1.807) is 14.0 Å². The molecule has 2 fully saturated rings. The van der Waals surface area contributed by atoms with E-state index in [-0.39, 0.29) is 11.5 Å². The number of ether oxygens (including phenoxy) is 1. The topological polar surface area (TPSA) is 25.4 Å². The normalized spacial score (nSPS) is 28.6. The molecule has 1 aliphatic heterocycles. The average Bonchev–Trinajstić information content (AvgIpc) is 2.87. The van der Waals surface area contributed by atoms with Crippen molar-refractivity contribution in [3.05, 3.63) is 23.4 Å². The maximum Gasteiger partial charge on any atom is 0.416 e. The van der Waals surface area contributed by atoms with E-state index in [1.165, 1.54) is 6.07 Å². The van der Waals surface area contributed by atoms with Crippen molar-refractivity contribution < 1.29 is 17.9 Å². The standard InChI is InChI=1S/C17H23F3N2O/c1-12-9-13(17(18,19)20)10-15(21-12)22-8-4-7-16(11-22)6-3-5-14(16)23-2/h9-10,14H,3-8,11H2,1-2H3/t14-,16+/m1/s1. The summed E-state index contributed by atoms with van der Waals surface area (Å²) in [5, 5.41) is 0. The molecule has 0 N–H and O–H groups in total. The fraction of sp³-hybridized carbons (Fsp3) is 0.706. The Balaban J connectivity index is 1.88. The van der Waals surface area contributed by atoms with E-state index in [0.717, 1.165) is 51.3 Å². The third-order valence-corrected chi connectivity index (χ3v) is 5.31. The van der Waals surface area contributed by atoms with Gasteiger partial charge in [-0.3, -0.25) is 0 Å². The number of hydrogen-bond donors (Lipinski definition) is 0. The summed E-state index contributed by atoms with van der Waals surface area (Å²) >= 11 is 0. The predicted molar refractivity (Wildman–Crippen MR) is 82.5 cm³/mol. The molecule has 23 heavy (non-hydrogen) atoms. The number of nitrogens with zero attached hydrogens (tertiary/aromatic N) is 2. The minimum atomic E-state index is -4.33. The van der Waals surface area contributed by atoms with E-state index in [1.807, 2.05) is 4.90 Å². The molecule has 0 bridgehead atoms. The minimum absolute atomic E-state index is 0.0663. The molecule has 0 amide bonds. The smallest absolute Gasteiger partial charge is 0.381 e. The molecule has 6 heteroatoms. The van der Waals surface area contributed by atoms with Gasteiger partial charge in [0.2, 0.25) is 0 Å². The second-order valence-corrected chi connectivity index (χ2v) is 6.86. The van der Waals surface area contributed by atoms with Crippen molar-refractivity contribution in [1.82, 2.24) is 4.98 Å². The Labute approximate surface area is 134 Å². The van der Waals surface area contributed by atoms with Crippen molar-refractivity contribution in [2.45, 2.75) is 51.3 Å². The summed E-state index contributed by atoms with van der Waals surface area (Å²) < 4.78 is 44.8. The van der Waals surface area contributed by atoms with E-state index < -0.39 is 11.7 Å². The predicted octanol–water partition coefficient (Wildman–Crippen LogP) is 4.19. The van der Waals surface area contributed by atoms with Crippen molar-refractivity contribution in [3.8, 4) is 0 Å². The maximum absolute atomic E-state index is 13.1. The Hall–Kier alpha value is -1.30. The van der Waals surface area contributed by atoms with E-state index >= 15 is 0 Å². The molecule has 3 nitrogen and oxygen atoms in total. The summed E-state index contributed by atoms with van der Waals surface area (Å²) in [7, 11) is 1.74. The van der Waals surface area contributed by atoms with Gasteiger partial charge in [-0.1, -0.05) is 6.42 Å². The number of pyridine rings is 1. The zero-order valence-corrected chi connectivity index (χ0v) is 13.6. The molecule has 1 aromatic heterocycles. The van der Waals surface area contributed by atoms with Gasteiger partial charge < -0.3 is 9.64 Å². The number of halogens is 3. The third-order valence-electron chi connectivity index (χ3n) is 5.31. The van der Waals surface area contributed by atoms with Gasteiger partial charge in [0.05, 0.1) is 11.7 Å². The lowest BCUT2D eigenvalue weighted by Gasteiger charge is -2.44. The highest BCUT2D eigenvalue weighted by molar-refractivity contribution is 5.44. The zero-order valence-electron chi connectivity index (χ0n) is 13.6. The number of hydrogen-bond acceptors (Lipinski definition) is 3.